The molecule has 0 spiro atoms. The van der Waals surface area contributed by atoms with Crippen molar-refractivity contribution >= 4 is 11.0 Å². The molecule has 30 heavy (non-hydrogen) atoms. The maximum Gasteiger partial charge on any atom is 0.296 e. The highest BCUT2D eigenvalue weighted by molar-refractivity contribution is 5.85. The number of benzene rings is 3. The van der Waals surface area contributed by atoms with Crippen LogP contribution < -0.4 is 4.57 Å². The lowest BCUT2D eigenvalue weighted by Crippen LogP contribution is -2.30. The Morgan fingerprint density at radius 1 is 0.733 bits per heavy atom. The zero-order chi connectivity index (χ0) is 20.7. The summed E-state index contributed by atoms with van der Waals surface area (Å²) in [5.74, 6) is 1.13. The highest BCUT2D eigenvalue weighted by Gasteiger charge is 2.29. The molecule has 0 atom stereocenters. The molecule has 0 saturated carbocycles. The highest BCUT2D eigenvalue weighted by atomic mass is 15.2. The van der Waals surface area contributed by atoms with Gasteiger partial charge < -0.3 is 0 Å². The topological polar surface area (TPSA) is 21.7 Å². The van der Waals surface area contributed by atoms with Crippen molar-refractivity contribution in [1.82, 2.24) is 9.55 Å². The molecule has 0 amide bonds. The number of para-hydroxylation sites is 2. The first-order valence-electron chi connectivity index (χ1n) is 10.2. The van der Waals surface area contributed by atoms with E-state index in [0.717, 1.165) is 11.4 Å². The van der Waals surface area contributed by atoms with E-state index in [9.17, 15) is 0 Å². The Balaban J connectivity index is 1.94. The molecule has 0 aliphatic heterocycles. The molecule has 3 aromatic carbocycles. The molecule has 5 rings (SSSR count). The molecule has 0 aliphatic rings. The maximum absolute atomic E-state index is 4.44. The number of aryl methyl sites for hydroxylation is 3. The summed E-state index contributed by atoms with van der Waals surface area (Å²) in [6.45, 7) is 4.33. The van der Waals surface area contributed by atoms with Crippen LogP contribution in [0.3, 0.4) is 0 Å². The minimum Gasteiger partial charge on any atom is -0.264 e. The number of fused-ring (bicyclic) bond motifs is 1. The first kappa shape index (κ1) is 18.3. The van der Waals surface area contributed by atoms with Crippen LogP contribution in [0.4, 0.5) is 0 Å². The SMILES string of the molecule is Cc1ccncc1-c1n(-c2ccccc2-c2ccccc2)c2c(C)cccc2[n+]1C. The Kier molecular flexibility index (Phi) is 4.44. The summed E-state index contributed by atoms with van der Waals surface area (Å²) in [7, 11) is 2.14. The summed E-state index contributed by atoms with van der Waals surface area (Å²) >= 11 is 0. The van der Waals surface area contributed by atoms with Gasteiger partial charge in [-0.1, -0.05) is 60.7 Å². The van der Waals surface area contributed by atoms with Gasteiger partial charge in [-0.05, 0) is 43.2 Å². The van der Waals surface area contributed by atoms with Crippen molar-refractivity contribution in [2.24, 2.45) is 7.05 Å². The molecule has 2 heterocycles. The van der Waals surface area contributed by atoms with Gasteiger partial charge in [0.15, 0.2) is 11.0 Å². The number of hydrogen-bond acceptors (Lipinski definition) is 1. The van der Waals surface area contributed by atoms with Crippen molar-refractivity contribution in [2.45, 2.75) is 13.8 Å². The lowest BCUT2D eigenvalue weighted by Gasteiger charge is -2.11. The monoisotopic (exact) mass is 390 g/mol. The van der Waals surface area contributed by atoms with Crippen LogP contribution in [-0.2, 0) is 7.05 Å². The fourth-order valence-corrected chi connectivity index (χ4v) is 4.34. The predicted octanol–water partition coefficient (Wildman–Crippen LogP) is 5.80. The van der Waals surface area contributed by atoms with E-state index in [4.69, 9.17) is 0 Å². The molecular weight excluding hydrogens is 366 g/mol. The Morgan fingerprint density at radius 3 is 2.30 bits per heavy atom. The fraction of sp³-hybridized carbons (Fsp3) is 0.111. The highest BCUT2D eigenvalue weighted by Crippen LogP contribution is 2.34. The van der Waals surface area contributed by atoms with Crippen molar-refractivity contribution in [2.75, 3.05) is 0 Å². The average Bonchev–Trinajstić information content (AvgIpc) is 3.08. The largest absolute Gasteiger partial charge is 0.296 e. The van der Waals surface area contributed by atoms with Crippen molar-refractivity contribution < 1.29 is 4.57 Å². The van der Waals surface area contributed by atoms with E-state index in [2.05, 4.69) is 114 Å². The number of pyridine rings is 1. The third-order valence-corrected chi connectivity index (χ3v) is 5.84. The minimum absolute atomic E-state index is 1.13. The van der Waals surface area contributed by atoms with Crippen molar-refractivity contribution in [1.29, 1.82) is 0 Å². The molecule has 2 aromatic heterocycles. The summed E-state index contributed by atoms with van der Waals surface area (Å²) < 4.78 is 4.69. The Bertz CT molecular complexity index is 1360. The van der Waals surface area contributed by atoms with Crippen molar-refractivity contribution in [3.8, 4) is 28.2 Å². The quantitative estimate of drug-likeness (QED) is 0.357. The predicted molar refractivity (Wildman–Crippen MR) is 123 cm³/mol. The second kappa shape index (κ2) is 7.27. The zero-order valence-corrected chi connectivity index (χ0v) is 17.5. The van der Waals surface area contributed by atoms with E-state index < -0.39 is 0 Å². The molecule has 3 heteroatoms. The molecule has 0 saturated heterocycles. The number of aromatic nitrogens is 3. The van der Waals surface area contributed by atoms with E-state index in [1.165, 1.54) is 39.0 Å². The second-order valence-electron chi connectivity index (χ2n) is 7.73. The molecule has 0 N–H and O–H groups in total. The summed E-state index contributed by atoms with van der Waals surface area (Å²) in [4.78, 5) is 4.44. The molecule has 0 fully saturated rings. The van der Waals surface area contributed by atoms with Gasteiger partial charge in [0.25, 0.3) is 5.82 Å². The lowest BCUT2D eigenvalue weighted by molar-refractivity contribution is -0.633. The van der Waals surface area contributed by atoms with Gasteiger partial charge in [-0.2, -0.15) is 4.57 Å². The van der Waals surface area contributed by atoms with Gasteiger partial charge in [0.2, 0.25) is 0 Å². The van der Waals surface area contributed by atoms with Gasteiger partial charge in [-0.3, -0.25) is 4.98 Å². The fourth-order valence-electron chi connectivity index (χ4n) is 4.34. The van der Waals surface area contributed by atoms with Crippen molar-refractivity contribution in [3.63, 3.8) is 0 Å². The Morgan fingerprint density at radius 2 is 1.50 bits per heavy atom. The van der Waals surface area contributed by atoms with E-state index in [1.54, 1.807) is 0 Å². The lowest BCUT2D eigenvalue weighted by atomic mass is 10.0. The maximum atomic E-state index is 4.44. The van der Waals surface area contributed by atoms with Crippen LogP contribution in [0.5, 0.6) is 0 Å². The smallest absolute Gasteiger partial charge is 0.264 e. The molecule has 0 aliphatic carbocycles. The second-order valence-corrected chi connectivity index (χ2v) is 7.73. The summed E-state index contributed by atoms with van der Waals surface area (Å²) in [6.07, 6.45) is 3.83. The van der Waals surface area contributed by atoms with Crippen LogP contribution >= 0.6 is 0 Å². The first-order valence-corrected chi connectivity index (χ1v) is 10.2. The third-order valence-electron chi connectivity index (χ3n) is 5.84. The molecule has 0 radical (unpaired) electrons. The molecule has 146 valence electrons. The summed E-state index contributed by atoms with van der Waals surface area (Å²) in [5.41, 5.74) is 9.61. The normalized spacial score (nSPS) is 11.2. The van der Waals surface area contributed by atoms with Crippen LogP contribution in [0, 0.1) is 13.8 Å². The van der Waals surface area contributed by atoms with E-state index in [0.29, 0.717) is 0 Å². The Hall–Kier alpha value is -3.72. The number of imidazole rings is 1. The zero-order valence-electron chi connectivity index (χ0n) is 17.5. The van der Waals surface area contributed by atoms with Crippen molar-refractivity contribution in [3.05, 3.63) is 102 Å². The first-order chi connectivity index (χ1) is 14.7. The molecule has 3 nitrogen and oxygen atoms in total. The molecular formula is C27H24N3+. The minimum atomic E-state index is 1.13. The van der Waals surface area contributed by atoms with Crippen LogP contribution in [-0.4, -0.2) is 9.55 Å². The molecule has 0 unspecified atom stereocenters. The number of rotatable bonds is 3. The van der Waals surface area contributed by atoms with E-state index in [-0.39, 0.29) is 0 Å². The molecule has 5 aromatic rings. The number of hydrogen-bond donors (Lipinski definition) is 0. The average molecular weight is 391 g/mol. The van der Waals surface area contributed by atoms with E-state index >= 15 is 0 Å². The number of nitrogens with zero attached hydrogens (tertiary/aromatic N) is 3. The van der Waals surface area contributed by atoms with Crippen LogP contribution in [0.25, 0.3) is 39.2 Å². The molecule has 0 bridgehead atoms. The van der Waals surface area contributed by atoms with Gasteiger partial charge in [-0.15, -0.1) is 0 Å². The van der Waals surface area contributed by atoms with Gasteiger partial charge in [-0.25, -0.2) is 4.57 Å². The Labute approximate surface area is 176 Å². The third kappa shape index (κ3) is 2.82. The van der Waals surface area contributed by atoms with Crippen LogP contribution in [0.1, 0.15) is 11.1 Å². The standard InChI is InChI=1S/C27H24N3/c1-19-16-17-28-18-23(19)27-29(3)25-15-9-10-20(2)26(25)30(27)24-14-8-7-13-22(24)21-11-5-4-6-12-21/h4-18H,1-3H3/q+1. The van der Waals surface area contributed by atoms with Crippen LogP contribution in [0.15, 0.2) is 91.3 Å². The summed E-state index contributed by atoms with van der Waals surface area (Å²) in [5, 5.41) is 0. The van der Waals surface area contributed by atoms with E-state index in [1.807, 2.05) is 12.4 Å². The van der Waals surface area contributed by atoms with Gasteiger partial charge in [0.1, 0.15) is 5.69 Å². The van der Waals surface area contributed by atoms with Gasteiger partial charge >= 0.3 is 0 Å². The van der Waals surface area contributed by atoms with Gasteiger partial charge in [0, 0.05) is 23.5 Å². The van der Waals surface area contributed by atoms with Gasteiger partial charge in [0.05, 0.1) is 12.6 Å². The summed E-state index contributed by atoms with van der Waals surface area (Å²) in [6, 6.07) is 27.8. The van der Waals surface area contributed by atoms with Crippen LogP contribution in [0.2, 0.25) is 0 Å².